The van der Waals surface area contributed by atoms with Crippen LogP contribution in [0.2, 0.25) is 10.0 Å². The van der Waals surface area contributed by atoms with Gasteiger partial charge in [-0.3, -0.25) is 0 Å². The predicted octanol–water partition coefficient (Wildman–Crippen LogP) is 3.92. The van der Waals surface area contributed by atoms with Crippen LogP contribution >= 0.6 is 23.2 Å². The minimum absolute atomic E-state index is 0.551. The van der Waals surface area contributed by atoms with Crippen LogP contribution in [0, 0.1) is 5.92 Å². The van der Waals surface area contributed by atoms with Gasteiger partial charge < -0.3 is 10.1 Å². The molecular weight excluding hydrogens is 295 g/mol. The van der Waals surface area contributed by atoms with Crippen LogP contribution in [0.1, 0.15) is 12.8 Å². The molecule has 1 aromatic heterocycles. The van der Waals surface area contributed by atoms with Crippen molar-refractivity contribution < 1.29 is 4.74 Å². The Kier molecular flexibility index (Phi) is 4.29. The molecule has 1 aliphatic heterocycles. The van der Waals surface area contributed by atoms with Crippen LogP contribution in [0.4, 0.5) is 0 Å². The van der Waals surface area contributed by atoms with Crippen molar-refractivity contribution in [2.75, 3.05) is 19.7 Å². The van der Waals surface area contributed by atoms with Gasteiger partial charge in [0, 0.05) is 17.0 Å². The van der Waals surface area contributed by atoms with E-state index in [1.807, 2.05) is 12.1 Å². The number of rotatable bonds is 3. The maximum Gasteiger partial charge on any atom is 0.221 e. The Morgan fingerprint density at radius 3 is 2.75 bits per heavy atom. The van der Waals surface area contributed by atoms with E-state index in [2.05, 4.69) is 10.3 Å². The first-order chi connectivity index (χ1) is 9.75. The largest absolute Gasteiger partial charge is 0.477 e. The Bertz CT molecular complexity index is 612. The Balaban J connectivity index is 1.82. The zero-order valence-electron chi connectivity index (χ0n) is 11.0. The van der Waals surface area contributed by atoms with E-state index >= 15 is 0 Å². The van der Waals surface area contributed by atoms with Gasteiger partial charge in [0.1, 0.15) is 0 Å². The molecule has 0 bridgehead atoms. The van der Waals surface area contributed by atoms with Crippen molar-refractivity contribution in [3.8, 4) is 5.88 Å². The molecule has 3 nitrogen and oxygen atoms in total. The van der Waals surface area contributed by atoms with Crippen molar-refractivity contribution in [1.82, 2.24) is 10.3 Å². The van der Waals surface area contributed by atoms with E-state index in [0.29, 0.717) is 28.5 Å². The van der Waals surface area contributed by atoms with E-state index in [4.69, 9.17) is 27.9 Å². The molecule has 1 aromatic carbocycles. The van der Waals surface area contributed by atoms with Crippen LogP contribution in [-0.4, -0.2) is 24.7 Å². The highest BCUT2D eigenvalue weighted by atomic mass is 35.5. The lowest BCUT2D eigenvalue weighted by Gasteiger charge is -2.22. The summed E-state index contributed by atoms with van der Waals surface area (Å²) in [5, 5.41) is 6.25. The number of piperidine rings is 1. The van der Waals surface area contributed by atoms with Crippen molar-refractivity contribution in [1.29, 1.82) is 0 Å². The minimum atomic E-state index is 0.551. The van der Waals surface area contributed by atoms with Crippen LogP contribution in [-0.2, 0) is 0 Å². The quantitative estimate of drug-likeness (QED) is 0.933. The first-order valence-corrected chi connectivity index (χ1v) is 7.57. The number of ether oxygens (including phenoxy) is 1. The molecule has 3 rings (SSSR count). The summed E-state index contributed by atoms with van der Waals surface area (Å²) in [4.78, 5) is 4.32. The van der Waals surface area contributed by atoms with Gasteiger partial charge in [-0.2, -0.15) is 0 Å². The summed E-state index contributed by atoms with van der Waals surface area (Å²) in [6.45, 7) is 2.84. The molecule has 0 amide bonds. The molecule has 1 N–H and O–H groups in total. The summed E-state index contributed by atoms with van der Waals surface area (Å²) in [5.41, 5.74) is 0. The van der Waals surface area contributed by atoms with Crippen LogP contribution in [0.3, 0.4) is 0 Å². The molecule has 0 saturated carbocycles. The molecular formula is C15H16Cl2N2O. The highest BCUT2D eigenvalue weighted by molar-refractivity contribution is 6.45. The number of benzene rings is 1. The second-order valence-electron chi connectivity index (χ2n) is 5.08. The van der Waals surface area contributed by atoms with Crippen LogP contribution < -0.4 is 10.1 Å². The number of aromatic nitrogens is 1. The van der Waals surface area contributed by atoms with E-state index in [9.17, 15) is 0 Å². The summed E-state index contributed by atoms with van der Waals surface area (Å²) >= 11 is 12.3. The van der Waals surface area contributed by atoms with Crippen molar-refractivity contribution in [2.45, 2.75) is 12.8 Å². The van der Waals surface area contributed by atoms with Crippen LogP contribution in [0.25, 0.3) is 10.8 Å². The number of halogens is 2. The van der Waals surface area contributed by atoms with Crippen LogP contribution in [0.15, 0.2) is 24.4 Å². The molecule has 5 heteroatoms. The van der Waals surface area contributed by atoms with E-state index in [0.717, 1.165) is 36.7 Å². The number of hydrogen-bond acceptors (Lipinski definition) is 3. The Hall–Kier alpha value is -1.03. The zero-order chi connectivity index (χ0) is 13.9. The third kappa shape index (κ3) is 2.85. The van der Waals surface area contributed by atoms with Gasteiger partial charge >= 0.3 is 0 Å². The smallest absolute Gasteiger partial charge is 0.221 e. The maximum absolute atomic E-state index is 6.22. The fraction of sp³-hybridized carbons (Fsp3) is 0.400. The summed E-state index contributed by atoms with van der Waals surface area (Å²) in [5.74, 6) is 1.23. The van der Waals surface area contributed by atoms with Crippen molar-refractivity contribution >= 4 is 34.0 Å². The molecule has 1 fully saturated rings. The topological polar surface area (TPSA) is 34.1 Å². The Morgan fingerprint density at radius 1 is 1.15 bits per heavy atom. The first kappa shape index (κ1) is 13.9. The van der Waals surface area contributed by atoms with E-state index in [1.165, 1.54) is 0 Å². The van der Waals surface area contributed by atoms with Crippen molar-refractivity contribution in [2.24, 2.45) is 5.92 Å². The molecule has 0 aliphatic carbocycles. The van der Waals surface area contributed by atoms with Gasteiger partial charge in [-0.05, 0) is 50.0 Å². The van der Waals surface area contributed by atoms with Gasteiger partial charge in [-0.15, -0.1) is 0 Å². The molecule has 1 saturated heterocycles. The molecule has 20 heavy (non-hydrogen) atoms. The number of nitrogens with zero attached hydrogens (tertiary/aromatic N) is 1. The van der Waals surface area contributed by atoms with E-state index in [-0.39, 0.29) is 0 Å². The highest BCUT2D eigenvalue weighted by Gasteiger charge is 2.15. The fourth-order valence-electron chi connectivity index (χ4n) is 2.52. The summed E-state index contributed by atoms with van der Waals surface area (Å²) in [6, 6.07) is 5.56. The molecule has 2 heterocycles. The number of hydrogen-bond donors (Lipinski definition) is 1. The molecule has 0 atom stereocenters. The second-order valence-corrected chi connectivity index (χ2v) is 5.86. The molecule has 0 radical (unpaired) electrons. The number of pyridine rings is 1. The molecule has 0 unspecified atom stereocenters. The summed E-state index contributed by atoms with van der Waals surface area (Å²) < 4.78 is 5.91. The normalized spacial score (nSPS) is 16.5. The lowest BCUT2D eigenvalue weighted by atomic mass is 9.99. The summed E-state index contributed by atoms with van der Waals surface area (Å²) in [7, 11) is 0. The average molecular weight is 311 g/mol. The van der Waals surface area contributed by atoms with Gasteiger partial charge in [0.2, 0.25) is 5.88 Å². The van der Waals surface area contributed by atoms with Gasteiger partial charge in [0.15, 0.2) is 0 Å². The molecule has 106 valence electrons. The molecule has 1 aliphatic rings. The fourth-order valence-corrected chi connectivity index (χ4v) is 2.92. The third-order valence-corrected chi connectivity index (χ3v) is 4.53. The average Bonchev–Trinajstić information content (AvgIpc) is 2.50. The van der Waals surface area contributed by atoms with Crippen molar-refractivity contribution in [3.05, 3.63) is 34.4 Å². The van der Waals surface area contributed by atoms with E-state index in [1.54, 1.807) is 12.3 Å². The standard InChI is InChI=1S/C15H16Cl2N2O/c16-13-2-1-12-11(14(13)17)5-8-19-15(12)20-9-10-3-6-18-7-4-10/h1-2,5,8,10,18H,3-4,6-7,9H2. The minimum Gasteiger partial charge on any atom is -0.477 e. The van der Waals surface area contributed by atoms with Gasteiger partial charge in [-0.1, -0.05) is 23.2 Å². The van der Waals surface area contributed by atoms with Gasteiger partial charge in [0.05, 0.1) is 16.7 Å². The summed E-state index contributed by atoms with van der Waals surface area (Å²) in [6.07, 6.45) is 4.01. The molecule has 0 spiro atoms. The van der Waals surface area contributed by atoms with Crippen molar-refractivity contribution in [3.63, 3.8) is 0 Å². The Morgan fingerprint density at radius 2 is 1.95 bits per heavy atom. The van der Waals surface area contributed by atoms with Crippen LogP contribution in [0.5, 0.6) is 5.88 Å². The maximum atomic E-state index is 6.22. The lowest BCUT2D eigenvalue weighted by molar-refractivity contribution is 0.211. The van der Waals surface area contributed by atoms with Gasteiger partial charge in [-0.25, -0.2) is 4.98 Å². The first-order valence-electron chi connectivity index (χ1n) is 6.82. The number of fused-ring (bicyclic) bond motifs is 1. The van der Waals surface area contributed by atoms with Gasteiger partial charge in [0.25, 0.3) is 0 Å². The second kappa shape index (κ2) is 6.17. The Labute approximate surface area is 128 Å². The third-order valence-electron chi connectivity index (χ3n) is 3.71. The molecule has 2 aromatic rings. The zero-order valence-corrected chi connectivity index (χ0v) is 12.5. The lowest BCUT2D eigenvalue weighted by Crippen LogP contribution is -2.30. The highest BCUT2D eigenvalue weighted by Crippen LogP contribution is 2.34. The van der Waals surface area contributed by atoms with E-state index < -0.39 is 0 Å². The predicted molar refractivity (Wildman–Crippen MR) is 82.9 cm³/mol. The SMILES string of the molecule is Clc1ccc2c(OCC3CCNCC3)nccc2c1Cl. The monoisotopic (exact) mass is 310 g/mol. The number of nitrogens with one attached hydrogen (secondary N) is 1.